The molecule has 0 N–H and O–H groups in total. The molecule has 0 saturated heterocycles. The van der Waals surface area contributed by atoms with Gasteiger partial charge in [0.15, 0.2) is 5.78 Å². The molecule has 0 spiro atoms. The molecule has 1 atom stereocenters. The van der Waals surface area contributed by atoms with Crippen molar-refractivity contribution in [2.24, 2.45) is 0 Å². The van der Waals surface area contributed by atoms with E-state index in [2.05, 4.69) is 17.0 Å². The molecule has 0 amide bonds. The Balaban J connectivity index is 0.000000531. The van der Waals surface area contributed by atoms with Crippen molar-refractivity contribution in [3.63, 3.8) is 0 Å². The van der Waals surface area contributed by atoms with Crippen molar-refractivity contribution in [1.29, 1.82) is 0 Å². The molecule has 0 saturated carbocycles. The maximum absolute atomic E-state index is 11.3. The topological polar surface area (TPSA) is 20.3 Å². The van der Waals surface area contributed by atoms with Crippen LogP contribution in [-0.4, -0.2) is 18.9 Å². The predicted molar refractivity (Wildman–Crippen MR) is 64.4 cm³/mol. The summed E-state index contributed by atoms with van der Waals surface area (Å²) in [6.45, 7) is 5.66. The maximum atomic E-state index is 11.3. The van der Waals surface area contributed by atoms with Crippen LogP contribution in [0.4, 0.5) is 5.69 Å². The number of likely N-dealkylation sites (N-methyl/N-ethyl adjacent to an activating group) is 1. The molecule has 82 valence electrons. The molecule has 2 nitrogen and oxygen atoms in total. The number of ketones is 1. The molecule has 1 aromatic rings. The van der Waals surface area contributed by atoms with Crippen LogP contribution in [0.15, 0.2) is 24.3 Å². The molecule has 0 radical (unpaired) electrons. The molecule has 1 aliphatic rings. The highest BCUT2D eigenvalue weighted by Gasteiger charge is 2.28. The number of carbonyl (C=O) groups is 1. The molecular formula is C13H19NO. The quantitative estimate of drug-likeness (QED) is 0.702. The number of hydrogen-bond donors (Lipinski definition) is 0. The molecule has 1 unspecified atom stereocenters. The van der Waals surface area contributed by atoms with Crippen LogP contribution in [-0.2, 0) is 11.2 Å². The number of para-hydroxylation sites is 1. The summed E-state index contributed by atoms with van der Waals surface area (Å²) in [6, 6.07) is 8.25. The Morgan fingerprint density at radius 1 is 1.33 bits per heavy atom. The van der Waals surface area contributed by atoms with Crippen molar-refractivity contribution in [2.45, 2.75) is 33.2 Å². The monoisotopic (exact) mass is 205 g/mol. The Kier molecular flexibility index (Phi) is 3.89. The zero-order valence-electron chi connectivity index (χ0n) is 9.95. The van der Waals surface area contributed by atoms with Crippen LogP contribution >= 0.6 is 0 Å². The van der Waals surface area contributed by atoms with Gasteiger partial charge in [0.2, 0.25) is 0 Å². The van der Waals surface area contributed by atoms with Crippen molar-refractivity contribution in [3.05, 3.63) is 29.8 Å². The van der Waals surface area contributed by atoms with Gasteiger partial charge in [-0.15, -0.1) is 0 Å². The molecule has 2 heteroatoms. The summed E-state index contributed by atoms with van der Waals surface area (Å²) in [6.07, 6.45) is 0.863. The molecule has 0 aliphatic carbocycles. The van der Waals surface area contributed by atoms with Gasteiger partial charge in [-0.3, -0.25) is 4.79 Å². The van der Waals surface area contributed by atoms with Crippen molar-refractivity contribution in [1.82, 2.24) is 0 Å². The lowest BCUT2D eigenvalue weighted by Gasteiger charge is -2.19. The smallest absolute Gasteiger partial charge is 0.152 e. The third-order valence-corrected chi connectivity index (χ3v) is 2.72. The summed E-state index contributed by atoms with van der Waals surface area (Å²) in [5, 5.41) is 0. The number of benzene rings is 1. The highest BCUT2D eigenvalue weighted by atomic mass is 16.1. The molecule has 1 heterocycles. The van der Waals surface area contributed by atoms with E-state index in [1.54, 1.807) is 6.92 Å². The van der Waals surface area contributed by atoms with E-state index in [1.165, 1.54) is 11.3 Å². The molecular weight excluding hydrogens is 186 g/mol. The van der Waals surface area contributed by atoms with E-state index in [0.29, 0.717) is 0 Å². The molecule has 0 aromatic heterocycles. The minimum absolute atomic E-state index is 0.0531. The number of anilines is 1. The van der Waals surface area contributed by atoms with Gasteiger partial charge in [-0.25, -0.2) is 0 Å². The van der Waals surface area contributed by atoms with Crippen molar-refractivity contribution < 1.29 is 4.79 Å². The Bertz CT molecular complexity index is 346. The maximum Gasteiger partial charge on any atom is 0.152 e. The normalized spacial score (nSPS) is 17.9. The first kappa shape index (κ1) is 11.8. The van der Waals surface area contributed by atoms with Crippen molar-refractivity contribution in [2.75, 3.05) is 11.9 Å². The molecule has 2 rings (SSSR count). The predicted octanol–water partition coefficient (Wildman–Crippen LogP) is 2.66. The fraction of sp³-hybridized carbons (Fsp3) is 0.462. The zero-order chi connectivity index (χ0) is 11.4. The van der Waals surface area contributed by atoms with Crippen molar-refractivity contribution >= 4 is 11.5 Å². The largest absolute Gasteiger partial charge is 0.364 e. The van der Waals surface area contributed by atoms with Crippen LogP contribution in [0, 0.1) is 0 Å². The van der Waals surface area contributed by atoms with Crippen LogP contribution in [0.2, 0.25) is 0 Å². The number of Topliss-reactive ketones (excluding diaryl/α,β-unsaturated/α-hetero) is 1. The summed E-state index contributed by atoms with van der Waals surface area (Å²) >= 11 is 0. The molecule has 0 fully saturated rings. The fourth-order valence-corrected chi connectivity index (χ4v) is 1.96. The summed E-state index contributed by atoms with van der Waals surface area (Å²) in [7, 11) is 1.98. The first-order chi connectivity index (χ1) is 7.20. The van der Waals surface area contributed by atoms with Gasteiger partial charge in [0.25, 0.3) is 0 Å². The Morgan fingerprint density at radius 3 is 2.47 bits per heavy atom. The fourth-order valence-electron chi connectivity index (χ4n) is 1.96. The van der Waals surface area contributed by atoms with Gasteiger partial charge in [-0.2, -0.15) is 0 Å². The molecule has 1 aliphatic heterocycles. The number of fused-ring (bicyclic) bond motifs is 1. The van der Waals surface area contributed by atoms with E-state index in [0.717, 1.165) is 6.42 Å². The van der Waals surface area contributed by atoms with E-state index in [9.17, 15) is 4.79 Å². The number of hydrogen-bond acceptors (Lipinski definition) is 2. The van der Waals surface area contributed by atoms with E-state index >= 15 is 0 Å². The van der Waals surface area contributed by atoms with Gasteiger partial charge in [-0.05, 0) is 18.6 Å². The first-order valence-electron chi connectivity index (χ1n) is 5.51. The van der Waals surface area contributed by atoms with Crippen LogP contribution < -0.4 is 4.90 Å². The third-order valence-electron chi connectivity index (χ3n) is 2.72. The van der Waals surface area contributed by atoms with Gasteiger partial charge in [0.05, 0.1) is 6.04 Å². The molecule has 0 bridgehead atoms. The highest BCUT2D eigenvalue weighted by Crippen LogP contribution is 2.30. The second kappa shape index (κ2) is 4.96. The summed E-state index contributed by atoms with van der Waals surface area (Å²) < 4.78 is 0. The van der Waals surface area contributed by atoms with Gasteiger partial charge in [0, 0.05) is 19.2 Å². The summed E-state index contributed by atoms with van der Waals surface area (Å²) in [4.78, 5) is 13.4. The number of rotatable bonds is 1. The van der Waals surface area contributed by atoms with Gasteiger partial charge < -0.3 is 4.90 Å². The summed E-state index contributed by atoms with van der Waals surface area (Å²) in [5.74, 6) is 0.249. The molecule has 1 aromatic carbocycles. The van der Waals surface area contributed by atoms with Crippen LogP contribution in [0.5, 0.6) is 0 Å². The van der Waals surface area contributed by atoms with E-state index in [4.69, 9.17) is 0 Å². The second-order valence-corrected chi connectivity index (χ2v) is 3.57. The average Bonchev–Trinajstić information content (AvgIpc) is 2.60. The van der Waals surface area contributed by atoms with Crippen LogP contribution in [0.1, 0.15) is 26.3 Å². The Labute approximate surface area is 91.9 Å². The van der Waals surface area contributed by atoms with E-state index < -0.39 is 0 Å². The van der Waals surface area contributed by atoms with Crippen molar-refractivity contribution in [3.8, 4) is 0 Å². The Morgan fingerprint density at radius 2 is 1.93 bits per heavy atom. The SMILES string of the molecule is CC.CC(=O)C1Cc2ccccc2N1C. The lowest BCUT2D eigenvalue weighted by Crippen LogP contribution is -2.33. The lowest BCUT2D eigenvalue weighted by molar-refractivity contribution is -0.118. The lowest BCUT2D eigenvalue weighted by atomic mass is 10.1. The van der Waals surface area contributed by atoms with Gasteiger partial charge >= 0.3 is 0 Å². The van der Waals surface area contributed by atoms with Crippen LogP contribution in [0.3, 0.4) is 0 Å². The number of carbonyl (C=O) groups excluding carboxylic acids is 1. The highest BCUT2D eigenvalue weighted by molar-refractivity contribution is 5.87. The summed E-state index contributed by atoms with van der Waals surface area (Å²) in [5.41, 5.74) is 2.48. The Hall–Kier alpha value is -1.31. The minimum Gasteiger partial charge on any atom is -0.364 e. The molecule has 15 heavy (non-hydrogen) atoms. The van der Waals surface area contributed by atoms with Gasteiger partial charge in [0.1, 0.15) is 0 Å². The minimum atomic E-state index is 0.0531. The van der Waals surface area contributed by atoms with E-state index in [-0.39, 0.29) is 11.8 Å². The third kappa shape index (κ3) is 2.20. The van der Waals surface area contributed by atoms with E-state index in [1.807, 2.05) is 33.0 Å². The van der Waals surface area contributed by atoms with Crippen LogP contribution in [0.25, 0.3) is 0 Å². The first-order valence-corrected chi connectivity index (χ1v) is 5.51. The van der Waals surface area contributed by atoms with Gasteiger partial charge in [-0.1, -0.05) is 32.0 Å². The zero-order valence-corrected chi connectivity index (χ0v) is 9.95. The standard InChI is InChI=1S/C11H13NO.C2H6/c1-8(13)11-7-9-5-3-4-6-10(9)12(11)2;1-2/h3-6,11H,7H2,1-2H3;1-2H3. The number of nitrogens with zero attached hydrogens (tertiary/aromatic N) is 1. The second-order valence-electron chi connectivity index (χ2n) is 3.57. The average molecular weight is 205 g/mol.